The van der Waals surface area contributed by atoms with Crippen molar-refractivity contribution in [3.05, 3.63) is 0 Å². The highest BCUT2D eigenvalue weighted by Gasteiger charge is 2.21. The van der Waals surface area contributed by atoms with Gasteiger partial charge in [0.2, 0.25) is 5.91 Å². The molecule has 5 heteroatoms. The lowest BCUT2D eigenvalue weighted by Crippen LogP contribution is -2.37. The van der Waals surface area contributed by atoms with Crippen molar-refractivity contribution in [1.82, 2.24) is 5.32 Å². The van der Waals surface area contributed by atoms with Gasteiger partial charge in [0.25, 0.3) is 0 Å². The minimum absolute atomic E-state index is 0.138. The molecular formula is C17H34N2O3. The summed E-state index contributed by atoms with van der Waals surface area (Å²) in [6.45, 7) is 8.39. The largest absolute Gasteiger partial charge is 0.459 e. The summed E-state index contributed by atoms with van der Waals surface area (Å²) in [5.74, 6) is -0.193. The van der Waals surface area contributed by atoms with Crippen LogP contribution < -0.4 is 11.1 Å². The zero-order valence-corrected chi connectivity index (χ0v) is 14.7. The minimum Gasteiger partial charge on any atom is -0.459 e. The van der Waals surface area contributed by atoms with Crippen LogP contribution >= 0.6 is 0 Å². The van der Waals surface area contributed by atoms with E-state index in [4.69, 9.17) is 10.5 Å². The predicted octanol–water partition coefficient (Wildman–Crippen LogP) is 2.91. The van der Waals surface area contributed by atoms with E-state index in [9.17, 15) is 9.59 Å². The van der Waals surface area contributed by atoms with Crippen molar-refractivity contribution in [3.63, 3.8) is 0 Å². The van der Waals surface area contributed by atoms with E-state index >= 15 is 0 Å². The van der Waals surface area contributed by atoms with E-state index in [0.29, 0.717) is 12.8 Å². The van der Waals surface area contributed by atoms with E-state index in [0.717, 1.165) is 45.1 Å². The predicted molar refractivity (Wildman–Crippen MR) is 89.4 cm³/mol. The highest BCUT2D eigenvalue weighted by atomic mass is 16.6. The zero-order chi connectivity index (χ0) is 17.0. The Bertz CT molecular complexity index is 324. The van der Waals surface area contributed by atoms with Crippen LogP contribution in [0, 0.1) is 0 Å². The second-order valence-corrected chi connectivity index (χ2v) is 6.80. The molecule has 130 valence electrons. The second-order valence-electron chi connectivity index (χ2n) is 6.80. The van der Waals surface area contributed by atoms with Crippen LogP contribution in [0.1, 0.15) is 79.1 Å². The summed E-state index contributed by atoms with van der Waals surface area (Å²) in [6.07, 6.45) is 7.10. The molecule has 1 atom stereocenters. The zero-order valence-electron chi connectivity index (χ0n) is 14.7. The molecule has 5 nitrogen and oxygen atoms in total. The lowest BCUT2D eigenvalue weighted by Gasteiger charge is -2.22. The molecule has 0 aliphatic rings. The fraction of sp³-hybridized carbons (Fsp3) is 0.882. The van der Waals surface area contributed by atoms with Crippen LogP contribution in [0.2, 0.25) is 0 Å². The summed E-state index contributed by atoms with van der Waals surface area (Å²) >= 11 is 0. The Kier molecular flexibility index (Phi) is 10.9. The molecule has 22 heavy (non-hydrogen) atoms. The van der Waals surface area contributed by atoms with E-state index in [1.165, 1.54) is 0 Å². The Balaban J connectivity index is 3.56. The lowest BCUT2D eigenvalue weighted by molar-refractivity contribution is -0.156. The van der Waals surface area contributed by atoms with Crippen LogP contribution in [0.25, 0.3) is 0 Å². The van der Waals surface area contributed by atoms with E-state index in [1.807, 2.05) is 20.8 Å². The van der Waals surface area contributed by atoms with Crippen molar-refractivity contribution < 1.29 is 14.3 Å². The highest BCUT2D eigenvalue weighted by molar-refractivity contribution is 5.76. The van der Waals surface area contributed by atoms with Gasteiger partial charge in [-0.2, -0.15) is 0 Å². The maximum atomic E-state index is 11.7. The fourth-order valence-electron chi connectivity index (χ4n) is 1.99. The number of nitrogens with two attached hydrogens (primary N) is 1. The van der Waals surface area contributed by atoms with E-state index in [1.54, 1.807) is 0 Å². The minimum atomic E-state index is -0.545. The van der Waals surface area contributed by atoms with Crippen molar-refractivity contribution in [1.29, 1.82) is 0 Å². The Morgan fingerprint density at radius 1 is 1.09 bits per heavy atom. The van der Waals surface area contributed by atoms with Crippen molar-refractivity contribution in [2.24, 2.45) is 5.73 Å². The number of esters is 1. The summed E-state index contributed by atoms with van der Waals surface area (Å²) in [5, 5.41) is 2.91. The van der Waals surface area contributed by atoms with Gasteiger partial charge in [0.05, 0.1) is 0 Å². The normalized spacial score (nSPS) is 12.8. The third-order valence-corrected chi connectivity index (χ3v) is 3.23. The Labute approximate surface area is 135 Å². The smallest absolute Gasteiger partial charge is 0.323 e. The van der Waals surface area contributed by atoms with Crippen LogP contribution in [0.4, 0.5) is 0 Å². The molecule has 1 amide bonds. The molecule has 0 heterocycles. The van der Waals surface area contributed by atoms with Crippen LogP contribution in [0.3, 0.4) is 0 Å². The second kappa shape index (κ2) is 11.5. The molecule has 0 aromatic carbocycles. The average molecular weight is 314 g/mol. The molecule has 3 N–H and O–H groups in total. The number of ether oxygens (including phenoxy) is 1. The molecule has 0 aliphatic carbocycles. The standard InChI is InChI=1S/C17H34N2O3/c1-5-6-13-19-15(20)12-10-8-7-9-11-14(18)16(21)22-17(2,3)4/h14H,5-13,18H2,1-4H3,(H,19,20). The quantitative estimate of drug-likeness (QED) is 0.454. The van der Waals surface area contributed by atoms with Gasteiger partial charge >= 0.3 is 5.97 Å². The van der Waals surface area contributed by atoms with Gasteiger partial charge in [0.15, 0.2) is 0 Å². The SMILES string of the molecule is CCCCNC(=O)CCCCCCC(N)C(=O)OC(C)(C)C. The van der Waals surface area contributed by atoms with Crippen molar-refractivity contribution >= 4 is 11.9 Å². The molecule has 0 radical (unpaired) electrons. The number of hydrogen-bond acceptors (Lipinski definition) is 4. The summed E-state index contributed by atoms with van der Waals surface area (Å²) in [7, 11) is 0. The van der Waals surface area contributed by atoms with Gasteiger partial charge in [-0.05, 0) is 40.0 Å². The molecule has 0 bridgehead atoms. The van der Waals surface area contributed by atoms with Crippen molar-refractivity contribution in [2.45, 2.75) is 90.7 Å². The molecule has 0 aromatic rings. The van der Waals surface area contributed by atoms with Crippen LogP contribution in [0.15, 0.2) is 0 Å². The first-order valence-corrected chi connectivity index (χ1v) is 8.51. The van der Waals surface area contributed by atoms with Crippen LogP contribution in [0.5, 0.6) is 0 Å². The Hall–Kier alpha value is -1.10. The van der Waals surface area contributed by atoms with Crippen LogP contribution in [-0.4, -0.2) is 30.1 Å². The van der Waals surface area contributed by atoms with Gasteiger partial charge in [-0.3, -0.25) is 9.59 Å². The number of carbonyl (C=O) groups is 2. The molecule has 0 fully saturated rings. The Morgan fingerprint density at radius 3 is 2.32 bits per heavy atom. The molecule has 0 saturated heterocycles. The molecule has 0 aliphatic heterocycles. The first kappa shape index (κ1) is 20.9. The lowest BCUT2D eigenvalue weighted by atomic mass is 10.1. The first-order valence-electron chi connectivity index (χ1n) is 8.51. The topological polar surface area (TPSA) is 81.4 Å². The molecule has 0 spiro atoms. The third-order valence-electron chi connectivity index (χ3n) is 3.23. The third kappa shape index (κ3) is 12.6. The van der Waals surface area contributed by atoms with Gasteiger partial charge < -0.3 is 15.8 Å². The summed E-state index contributed by atoms with van der Waals surface area (Å²) < 4.78 is 5.24. The molecular weight excluding hydrogens is 280 g/mol. The molecule has 0 aromatic heterocycles. The monoisotopic (exact) mass is 314 g/mol. The van der Waals surface area contributed by atoms with Crippen molar-refractivity contribution in [2.75, 3.05) is 6.54 Å². The number of carbonyl (C=O) groups excluding carboxylic acids is 2. The number of amides is 1. The van der Waals surface area contributed by atoms with Gasteiger partial charge in [-0.25, -0.2) is 0 Å². The van der Waals surface area contributed by atoms with Gasteiger partial charge in [-0.1, -0.05) is 32.6 Å². The molecule has 1 unspecified atom stereocenters. The van der Waals surface area contributed by atoms with Gasteiger partial charge in [0, 0.05) is 13.0 Å². The highest BCUT2D eigenvalue weighted by Crippen LogP contribution is 2.11. The van der Waals surface area contributed by atoms with E-state index < -0.39 is 11.6 Å². The van der Waals surface area contributed by atoms with E-state index in [2.05, 4.69) is 12.2 Å². The first-order chi connectivity index (χ1) is 10.3. The molecule has 0 saturated carbocycles. The number of unbranched alkanes of at least 4 members (excludes halogenated alkanes) is 4. The molecule has 0 rings (SSSR count). The number of nitrogens with one attached hydrogen (secondary N) is 1. The van der Waals surface area contributed by atoms with Crippen LogP contribution in [-0.2, 0) is 14.3 Å². The maximum Gasteiger partial charge on any atom is 0.323 e. The fourth-order valence-corrected chi connectivity index (χ4v) is 1.99. The van der Waals surface area contributed by atoms with Gasteiger partial charge in [0.1, 0.15) is 11.6 Å². The van der Waals surface area contributed by atoms with Gasteiger partial charge in [-0.15, -0.1) is 0 Å². The van der Waals surface area contributed by atoms with E-state index in [-0.39, 0.29) is 11.9 Å². The summed E-state index contributed by atoms with van der Waals surface area (Å²) in [4.78, 5) is 23.2. The maximum absolute atomic E-state index is 11.7. The Morgan fingerprint density at radius 2 is 1.73 bits per heavy atom. The number of hydrogen-bond donors (Lipinski definition) is 2. The van der Waals surface area contributed by atoms with Crippen molar-refractivity contribution in [3.8, 4) is 0 Å². The summed E-state index contributed by atoms with van der Waals surface area (Å²) in [6, 6.07) is -0.545. The average Bonchev–Trinajstić information content (AvgIpc) is 2.40. The summed E-state index contributed by atoms with van der Waals surface area (Å²) in [5.41, 5.74) is 5.33. The number of rotatable bonds is 11.